The molecule has 0 fully saturated rings. The number of nitrogens with one attached hydrogen (secondary N) is 1. The Morgan fingerprint density at radius 1 is 1.08 bits per heavy atom. The van der Waals surface area contributed by atoms with Crippen LogP contribution < -0.4 is 10.1 Å². The minimum atomic E-state index is -1.25. The molecule has 0 bridgehead atoms. The van der Waals surface area contributed by atoms with Gasteiger partial charge in [-0.2, -0.15) is 0 Å². The van der Waals surface area contributed by atoms with Crippen molar-refractivity contribution in [3.05, 3.63) is 42.2 Å². The molecule has 0 radical (unpaired) electrons. The van der Waals surface area contributed by atoms with E-state index in [9.17, 15) is 9.59 Å². The molecule has 8 nitrogen and oxygen atoms in total. The number of carbonyl (C=O) groups excluding carboxylic acids is 2. The van der Waals surface area contributed by atoms with Crippen molar-refractivity contribution in [2.45, 2.75) is 19.8 Å². The molecule has 0 saturated carbocycles. The first-order chi connectivity index (χ1) is 12.6. The van der Waals surface area contributed by atoms with Gasteiger partial charge in [-0.05, 0) is 38.1 Å². The minimum absolute atomic E-state index is 0.142. The van der Waals surface area contributed by atoms with Crippen LogP contribution in [0.25, 0.3) is 0 Å². The van der Waals surface area contributed by atoms with Gasteiger partial charge in [0.2, 0.25) is 5.95 Å². The molecule has 8 heteroatoms. The Kier molecular flexibility index (Phi) is 6.90. The molecule has 1 aromatic heterocycles. The number of rotatable bonds is 8. The van der Waals surface area contributed by atoms with E-state index < -0.39 is 17.9 Å². The zero-order valence-electron chi connectivity index (χ0n) is 14.9. The van der Waals surface area contributed by atoms with Crippen LogP contribution in [0.4, 0.5) is 11.6 Å². The molecule has 1 aromatic carbocycles. The highest BCUT2D eigenvalue weighted by Crippen LogP contribution is 2.32. The van der Waals surface area contributed by atoms with E-state index in [1.807, 2.05) is 0 Å². The molecule has 1 N–H and O–H groups in total. The summed E-state index contributed by atoms with van der Waals surface area (Å²) in [6, 6.07) is 6.64. The number of carbonyl (C=O) groups is 2. The lowest BCUT2D eigenvalue weighted by Crippen LogP contribution is -2.27. The molecular weight excluding hydrogens is 338 g/mol. The fourth-order valence-corrected chi connectivity index (χ4v) is 2.31. The highest BCUT2D eigenvalue weighted by atomic mass is 16.6. The Morgan fingerprint density at radius 3 is 2.23 bits per heavy atom. The number of methoxy groups -OCH3 is 1. The van der Waals surface area contributed by atoms with Gasteiger partial charge in [-0.15, -0.1) is 0 Å². The number of aromatic nitrogens is 2. The van der Waals surface area contributed by atoms with Crippen molar-refractivity contribution < 1.29 is 23.8 Å². The van der Waals surface area contributed by atoms with Gasteiger partial charge in [0.25, 0.3) is 0 Å². The van der Waals surface area contributed by atoms with Crippen molar-refractivity contribution in [3.8, 4) is 5.75 Å². The first-order valence-electron chi connectivity index (χ1n) is 8.15. The van der Waals surface area contributed by atoms with E-state index in [0.717, 1.165) is 0 Å². The third-order valence-electron chi connectivity index (χ3n) is 3.43. The molecule has 0 amide bonds. The first kappa shape index (κ1) is 19.2. The average Bonchev–Trinajstić information content (AvgIpc) is 2.64. The van der Waals surface area contributed by atoms with Crippen LogP contribution in [0.3, 0.4) is 0 Å². The Bertz CT molecular complexity index is 734. The van der Waals surface area contributed by atoms with Crippen molar-refractivity contribution >= 4 is 23.6 Å². The van der Waals surface area contributed by atoms with Gasteiger partial charge in [-0.1, -0.05) is 0 Å². The summed E-state index contributed by atoms with van der Waals surface area (Å²) in [5.41, 5.74) is 0.830. The van der Waals surface area contributed by atoms with E-state index in [2.05, 4.69) is 15.3 Å². The van der Waals surface area contributed by atoms with E-state index in [-0.39, 0.29) is 13.2 Å². The highest BCUT2D eigenvalue weighted by molar-refractivity contribution is 6.02. The van der Waals surface area contributed by atoms with Crippen molar-refractivity contribution in [1.29, 1.82) is 0 Å². The third-order valence-corrected chi connectivity index (χ3v) is 3.43. The molecular formula is C18H21N3O5. The fraction of sp³-hybridized carbons (Fsp3) is 0.333. The molecule has 0 aliphatic rings. The minimum Gasteiger partial charge on any atom is -0.497 e. The SMILES string of the molecule is CCOC(=O)C(C(=O)OCC)c1cc(OC)ccc1Nc1ncccn1. The predicted molar refractivity (Wildman–Crippen MR) is 94.3 cm³/mol. The summed E-state index contributed by atoms with van der Waals surface area (Å²) >= 11 is 0. The molecule has 0 unspecified atom stereocenters. The molecule has 26 heavy (non-hydrogen) atoms. The van der Waals surface area contributed by atoms with Crippen molar-refractivity contribution in [2.75, 3.05) is 25.6 Å². The van der Waals surface area contributed by atoms with Gasteiger partial charge < -0.3 is 19.5 Å². The Balaban J connectivity index is 2.49. The molecule has 1 heterocycles. The van der Waals surface area contributed by atoms with Gasteiger partial charge in [0.1, 0.15) is 5.75 Å². The maximum absolute atomic E-state index is 12.4. The summed E-state index contributed by atoms with van der Waals surface area (Å²) in [7, 11) is 1.50. The van der Waals surface area contributed by atoms with Crippen LogP contribution in [-0.4, -0.2) is 42.2 Å². The van der Waals surface area contributed by atoms with E-state index >= 15 is 0 Å². The van der Waals surface area contributed by atoms with Crippen LogP contribution in [0.5, 0.6) is 5.75 Å². The van der Waals surface area contributed by atoms with E-state index in [4.69, 9.17) is 14.2 Å². The zero-order chi connectivity index (χ0) is 18.9. The van der Waals surface area contributed by atoms with Gasteiger partial charge in [-0.3, -0.25) is 9.59 Å². The smallest absolute Gasteiger partial charge is 0.324 e. The lowest BCUT2D eigenvalue weighted by atomic mass is 9.96. The van der Waals surface area contributed by atoms with Crippen LogP contribution in [0.2, 0.25) is 0 Å². The molecule has 0 spiro atoms. The van der Waals surface area contributed by atoms with Crippen molar-refractivity contribution in [2.24, 2.45) is 0 Å². The number of anilines is 2. The number of hydrogen-bond donors (Lipinski definition) is 1. The second kappa shape index (κ2) is 9.36. The number of nitrogens with zero attached hydrogens (tertiary/aromatic N) is 2. The summed E-state index contributed by atoms with van der Waals surface area (Å²) in [6.45, 7) is 3.62. The number of ether oxygens (including phenoxy) is 3. The fourth-order valence-electron chi connectivity index (χ4n) is 2.31. The first-order valence-corrected chi connectivity index (χ1v) is 8.15. The van der Waals surface area contributed by atoms with Gasteiger partial charge >= 0.3 is 11.9 Å². The summed E-state index contributed by atoms with van der Waals surface area (Å²) in [4.78, 5) is 33.1. The number of esters is 2. The maximum atomic E-state index is 12.4. The van der Waals surface area contributed by atoms with Gasteiger partial charge in [0.15, 0.2) is 5.92 Å². The average molecular weight is 359 g/mol. The second-order valence-electron chi connectivity index (χ2n) is 5.09. The van der Waals surface area contributed by atoms with Crippen LogP contribution in [0, 0.1) is 0 Å². The summed E-state index contributed by atoms with van der Waals surface area (Å²) in [5.74, 6) is -1.84. The third kappa shape index (κ3) is 4.69. The highest BCUT2D eigenvalue weighted by Gasteiger charge is 2.34. The largest absolute Gasteiger partial charge is 0.497 e. The Morgan fingerprint density at radius 2 is 1.69 bits per heavy atom. The predicted octanol–water partition coefficient (Wildman–Crippen LogP) is 2.44. The normalized spacial score (nSPS) is 10.3. The van der Waals surface area contributed by atoms with Crippen molar-refractivity contribution in [1.82, 2.24) is 9.97 Å². The molecule has 2 rings (SSSR count). The van der Waals surface area contributed by atoms with Gasteiger partial charge in [0, 0.05) is 23.6 Å². The van der Waals surface area contributed by atoms with Crippen molar-refractivity contribution in [3.63, 3.8) is 0 Å². The van der Waals surface area contributed by atoms with Gasteiger partial charge in [-0.25, -0.2) is 9.97 Å². The number of hydrogen-bond acceptors (Lipinski definition) is 8. The quantitative estimate of drug-likeness (QED) is 0.567. The lowest BCUT2D eigenvalue weighted by Gasteiger charge is -2.19. The summed E-state index contributed by atoms with van der Waals surface area (Å²) in [6.07, 6.45) is 3.15. The monoisotopic (exact) mass is 359 g/mol. The second-order valence-corrected chi connectivity index (χ2v) is 5.09. The van der Waals surface area contributed by atoms with Crippen LogP contribution in [-0.2, 0) is 19.1 Å². The molecule has 2 aromatic rings. The molecule has 0 saturated heterocycles. The van der Waals surface area contributed by atoms with Crippen LogP contribution in [0.1, 0.15) is 25.3 Å². The Labute approximate surface area is 151 Å². The molecule has 138 valence electrons. The van der Waals surface area contributed by atoms with E-state index in [0.29, 0.717) is 22.9 Å². The number of benzene rings is 1. The maximum Gasteiger partial charge on any atom is 0.324 e. The van der Waals surface area contributed by atoms with Crippen LogP contribution in [0.15, 0.2) is 36.7 Å². The molecule has 0 aliphatic heterocycles. The van der Waals surface area contributed by atoms with Gasteiger partial charge in [0.05, 0.1) is 20.3 Å². The lowest BCUT2D eigenvalue weighted by molar-refractivity contribution is -0.156. The standard InChI is InChI=1S/C18H21N3O5/c1-4-25-16(22)15(17(23)26-5-2)13-11-12(24-3)7-8-14(13)21-18-19-9-6-10-20-18/h6-11,15H,4-5H2,1-3H3,(H,19,20,21). The zero-order valence-corrected chi connectivity index (χ0v) is 14.9. The summed E-state index contributed by atoms with van der Waals surface area (Å²) in [5, 5.41) is 3.00. The molecule has 0 atom stereocenters. The van der Waals surface area contributed by atoms with Crippen LogP contribution >= 0.6 is 0 Å². The van der Waals surface area contributed by atoms with E-state index in [1.54, 1.807) is 50.5 Å². The van der Waals surface area contributed by atoms with E-state index in [1.165, 1.54) is 7.11 Å². The Hall–Kier alpha value is -3.16. The summed E-state index contributed by atoms with van der Waals surface area (Å²) < 4.78 is 15.4. The molecule has 0 aliphatic carbocycles. The topological polar surface area (TPSA) is 99.6 Å².